The summed E-state index contributed by atoms with van der Waals surface area (Å²) in [7, 11) is 1.77. The molecule has 5 heteroatoms. The van der Waals surface area contributed by atoms with Crippen molar-refractivity contribution in [3.8, 4) is 0 Å². The Morgan fingerprint density at radius 2 is 2.26 bits per heavy atom. The van der Waals surface area contributed by atoms with Gasteiger partial charge in [-0.25, -0.2) is 0 Å². The zero-order chi connectivity index (χ0) is 13.5. The fraction of sp³-hybridized carbons (Fsp3) is 0.786. The number of hydrogen-bond acceptors (Lipinski definition) is 5. The zero-order valence-corrected chi connectivity index (χ0v) is 12.0. The highest BCUT2D eigenvalue weighted by atomic mass is 16.5. The van der Waals surface area contributed by atoms with E-state index >= 15 is 0 Å². The number of ether oxygens (including phenoxy) is 1. The van der Waals surface area contributed by atoms with Gasteiger partial charge in [0, 0.05) is 33.4 Å². The molecule has 1 aliphatic rings. The Bertz CT molecular complexity index is 359. The topological polar surface area (TPSA) is 50.5 Å². The van der Waals surface area contributed by atoms with E-state index in [0.29, 0.717) is 5.92 Å². The van der Waals surface area contributed by atoms with E-state index in [-0.39, 0.29) is 0 Å². The first-order chi connectivity index (χ1) is 9.33. The van der Waals surface area contributed by atoms with Gasteiger partial charge in [0.2, 0.25) is 0 Å². The molecule has 0 aliphatic carbocycles. The minimum Gasteiger partial charge on any atom is -0.432 e. The molecule has 0 spiro atoms. The molecular formula is C14H25N3O2. The lowest BCUT2D eigenvalue weighted by Gasteiger charge is -2.30. The largest absolute Gasteiger partial charge is 0.432 e. The normalized spacial score (nSPS) is 17.1. The standard InChI is InChI=1S/C14H25N3O2/c1-3-6-15-9-13-11-19-14(16-13)17-7-4-12(5-8-17)10-18-2/h11-12,15H,3-10H2,1-2H3. The maximum Gasteiger partial charge on any atom is 0.297 e. The smallest absolute Gasteiger partial charge is 0.297 e. The summed E-state index contributed by atoms with van der Waals surface area (Å²) in [6, 6.07) is 0.768. The van der Waals surface area contributed by atoms with Gasteiger partial charge in [-0.1, -0.05) is 6.92 Å². The van der Waals surface area contributed by atoms with Gasteiger partial charge in [-0.3, -0.25) is 0 Å². The van der Waals surface area contributed by atoms with Crippen molar-refractivity contribution in [1.29, 1.82) is 0 Å². The third-order valence-corrected chi connectivity index (χ3v) is 3.56. The molecule has 0 radical (unpaired) electrons. The number of nitrogens with one attached hydrogen (secondary N) is 1. The molecule has 1 aromatic heterocycles. The lowest BCUT2D eigenvalue weighted by atomic mass is 9.98. The van der Waals surface area contributed by atoms with Crippen LogP contribution in [0.15, 0.2) is 10.7 Å². The second-order valence-corrected chi connectivity index (χ2v) is 5.18. The SMILES string of the molecule is CCCNCc1coc(N2CCC(COC)CC2)n1. The van der Waals surface area contributed by atoms with Crippen molar-refractivity contribution in [2.75, 3.05) is 38.3 Å². The van der Waals surface area contributed by atoms with Crippen LogP contribution in [0, 0.1) is 5.92 Å². The summed E-state index contributed by atoms with van der Waals surface area (Å²) in [6.45, 7) is 6.85. The van der Waals surface area contributed by atoms with Gasteiger partial charge in [-0.2, -0.15) is 4.98 Å². The molecule has 1 saturated heterocycles. The summed E-state index contributed by atoms with van der Waals surface area (Å²) >= 11 is 0. The summed E-state index contributed by atoms with van der Waals surface area (Å²) in [5, 5.41) is 3.33. The summed E-state index contributed by atoms with van der Waals surface area (Å²) in [4.78, 5) is 6.77. The highest BCUT2D eigenvalue weighted by molar-refractivity contribution is 5.27. The lowest BCUT2D eigenvalue weighted by Crippen LogP contribution is -2.35. The molecule has 0 atom stereocenters. The van der Waals surface area contributed by atoms with Gasteiger partial charge in [-0.15, -0.1) is 0 Å². The molecule has 2 heterocycles. The van der Waals surface area contributed by atoms with Crippen molar-refractivity contribution in [3.63, 3.8) is 0 Å². The predicted molar refractivity (Wildman–Crippen MR) is 75.3 cm³/mol. The second kappa shape index (κ2) is 7.50. The van der Waals surface area contributed by atoms with E-state index < -0.39 is 0 Å². The first-order valence-electron chi connectivity index (χ1n) is 7.22. The van der Waals surface area contributed by atoms with Crippen molar-refractivity contribution in [3.05, 3.63) is 12.0 Å². The van der Waals surface area contributed by atoms with Crippen molar-refractivity contribution in [1.82, 2.24) is 10.3 Å². The number of rotatable bonds is 7. The number of anilines is 1. The first kappa shape index (κ1) is 14.3. The Morgan fingerprint density at radius 3 is 2.95 bits per heavy atom. The third kappa shape index (κ3) is 4.21. The molecule has 0 bridgehead atoms. The molecule has 0 unspecified atom stereocenters. The number of methoxy groups -OCH3 is 1. The molecule has 1 fully saturated rings. The van der Waals surface area contributed by atoms with Crippen LogP contribution in [-0.2, 0) is 11.3 Å². The van der Waals surface area contributed by atoms with Crippen molar-refractivity contribution in [2.45, 2.75) is 32.7 Å². The van der Waals surface area contributed by atoms with Crippen molar-refractivity contribution < 1.29 is 9.15 Å². The Balaban J connectivity index is 1.79. The van der Waals surface area contributed by atoms with Gasteiger partial charge in [0.05, 0.1) is 5.69 Å². The lowest BCUT2D eigenvalue weighted by molar-refractivity contribution is 0.138. The van der Waals surface area contributed by atoms with Gasteiger partial charge >= 0.3 is 0 Å². The Hall–Kier alpha value is -1.07. The minimum absolute atomic E-state index is 0.682. The molecule has 1 aliphatic heterocycles. The predicted octanol–water partition coefficient (Wildman–Crippen LogP) is 2.04. The maximum absolute atomic E-state index is 5.57. The Morgan fingerprint density at radius 1 is 1.47 bits per heavy atom. The maximum atomic E-state index is 5.57. The van der Waals surface area contributed by atoms with Crippen molar-refractivity contribution >= 4 is 6.01 Å². The van der Waals surface area contributed by atoms with Crippen molar-refractivity contribution in [2.24, 2.45) is 5.92 Å². The van der Waals surface area contributed by atoms with E-state index in [4.69, 9.17) is 9.15 Å². The van der Waals surface area contributed by atoms with Gasteiger partial charge in [0.15, 0.2) is 0 Å². The fourth-order valence-electron chi connectivity index (χ4n) is 2.44. The van der Waals surface area contributed by atoms with Crippen LogP contribution in [0.5, 0.6) is 0 Å². The van der Waals surface area contributed by atoms with Crippen LogP contribution in [0.3, 0.4) is 0 Å². The van der Waals surface area contributed by atoms with Crippen LogP contribution in [0.25, 0.3) is 0 Å². The number of aromatic nitrogens is 1. The van der Waals surface area contributed by atoms with Gasteiger partial charge < -0.3 is 19.4 Å². The van der Waals surface area contributed by atoms with E-state index in [0.717, 1.165) is 63.8 Å². The van der Waals surface area contributed by atoms with E-state index in [1.165, 1.54) is 0 Å². The zero-order valence-electron chi connectivity index (χ0n) is 12.0. The van der Waals surface area contributed by atoms with Crippen LogP contribution < -0.4 is 10.2 Å². The number of hydrogen-bond donors (Lipinski definition) is 1. The van der Waals surface area contributed by atoms with Crippen LogP contribution in [-0.4, -0.2) is 38.3 Å². The molecule has 108 valence electrons. The molecule has 1 N–H and O–H groups in total. The fourth-order valence-corrected chi connectivity index (χ4v) is 2.44. The molecule has 0 saturated carbocycles. The molecule has 19 heavy (non-hydrogen) atoms. The summed E-state index contributed by atoms with van der Waals surface area (Å²) in [5.41, 5.74) is 0.988. The van der Waals surface area contributed by atoms with E-state index in [9.17, 15) is 0 Å². The van der Waals surface area contributed by atoms with Crippen LogP contribution in [0.2, 0.25) is 0 Å². The summed E-state index contributed by atoms with van der Waals surface area (Å²) in [6.07, 6.45) is 5.20. The number of piperidine rings is 1. The van der Waals surface area contributed by atoms with E-state index in [2.05, 4.69) is 22.1 Å². The second-order valence-electron chi connectivity index (χ2n) is 5.18. The molecule has 2 rings (SSSR count). The minimum atomic E-state index is 0.682. The number of oxazole rings is 1. The average molecular weight is 267 g/mol. The Labute approximate surface area is 115 Å². The van der Waals surface area contributed by atoms with Crippen LogP contribution in [0.1, 0.15) is 31.9 Å². The highest BCUT2D eigenvalue weighted by Gasteiger charge is 2.22. The van der Waals surface area contributed by atoms with Crippen LogP contribution in [0.4, 0.5) is 6.01 Å². The molecule has 0 aromatic carbocycles. The monoisotopic (exact) mass is 267 g/mol. The summed E-state index contributed by atoms with van der Waals surface area (Å²) < 4.78 is 10.8. The molecule has 1 aromatic rings. The quantitative estimate of drug-likeness (QED) is 0.766. The summed E-state index contributed by atoms with van der Waals surface area (Å²) in [5.74, 6) is 0.682. The van der Waals surface area contributed by atoms with E-state index in [1.807, 2.05) is 0 Å². The first-order valence-corrected chi connectivity index (χ1v) is 7.22. The average Bonchev–Trinajstić information content (AvgIpc) is 2.89. The van der Waals surface area contributed by atoms with Gasteiger partial charge in [0.1, 0.15) is 6.26 Å². The van der Waals surface area contributed by atoms with Gasteiger partial charge in [0.25, 0.3) is 6.01 Å². The third-order valence-electron chi connectivity index (χ3n) is 3.56. The molecule has 0 amide bonds. The highest BCUT2D eigenvalue weighted by Crippen LogP contribution is 2.22. The number of nitrogens with zero attached hydrogens (tertiary/aromatic N) is 2. The van der Waals surface area contributed by atoms with Gasteiger partial charge in [-0.05, 0) is 31.7 Å². The molecule has 5 nitrogen and oxygen atoms in total. The van der Waals surface area contributed by atoms with E-state index in [1.54, 1.807) is 13.4 Å². The van der Waals surface area contributed by atoms with Crippen LogP contribution >= 0.6 is 0 Å². The molecular weight excluding hydrogens is 242 g/mol. The Kier molecular flexibility index (Phi) is 5.66.